The van der Waals surface area contributed by atoms with Crippen molar-refractivity contribution in [1.29, 1.82) is 0 Å². The summed E-state index contributed by atoms with van der Waals surface area (Å²) < 4.78 is 20.8. The summed E-state index contributed by atoms with van der Waals surface area (Å²) in [4.78, 5) is 45.8. The molecule has 0 aliphatic carbocycles. The van der Waals surface area contributed by atoms with Crippen LogP contribution in [0.4, 0.5) is 0 Å². The third-order valence-electron chi connectivity index (χ3n) is 3.06. The molecule has 1 saturated heterocycles. The second-order valence-corrected chi connectivity index (χ2v) is 5.81. The molecule has 1 aromatic rings. The fourth-order valence-electron chi connectivity index (χ4n) is 2.00. The van der Waals surface area contributed by atoms with Crippen LogP contribution in [0.5, 0.6) is 0 Å². The molecule has 22 heavy (non-hydrogen) atoms. The van der Waals surface area contributed by atoms with Gasteiger partial charge in [-0.25, -0.2) is 4.79 Å². The number of nitrogens with one attached hydrogen (secondary N) is 1. The summed E-state index contributed by atoms with van der Waals surface area (Å²) in [5.41, 5.74) is -0.980. The van der Waals surface area contributed by atoms with E-state index in [1.54, 1.807) is 0 Å². The normalized spacial score (nSPS) is 25.0. The van der Waals surface area contributed by atoms with Gasteiger partial charge in [0.05, 0.1) is 20.5 Å². The fourth-order valence-corrected chi connectivity index (χ4v) is 2.33. The maximum atomic E-state index is 11.7. The smallest absolute Gasteiger partial charge is 0.790 e. The predicted octanol–water partition coefficient (Wildman–Crippen LogP) is -3.04. The van der Waals surface area contributed by atoms with Gasteiger partial charge in [-0.05, 0) is 6.92 Å². The first-order valence-electron chi connectivity index (χ1n) is 5.99. The molecule has 3 atom stereocenters. The molecular formula is C10H13CaN2O8P. The van der Waals surface area contributed by atoms with Crippen molar-refractivity contribution in [2.24, 2.45) is 0 Å². The number of phosphoric ester groups is 1. The molecule has 0 amide bonds. The van der Waals surface area contributed by atoms with Crippen molar-refractivity contribution in [3.63, 3.8) is 0 Å². The number of nitrogens with zero attached hydrogens (tertiary/aromatic N) is 1. The molecule has 0 radical (unpaired) electrons. The number of aliphatic hydroxyl groups is 1. The maximum Gasteiger partial charge on any atom is 2.00 e. The van der Waals surface area contributed by atoms with Crippen molar-refractivity contribution in [1.82, 2.24) is 9.55 Å². The average molecular weight is 360 g/mol. The van der Waals surface area contributed by atoms with Crippen molar-refractivity contribution >= 4 is 45.6 Å². The number of hydrogen-bond donors (Lipinski definition) is 2. The Morgan fingerprint density at radius 1 is 1.55 bits per heavy atom. The van der Waals surface area contributed by atoms with Crippen LogP contribution >= 0.6 is 7.82 Å². The number of phosphoric acid groups is 1. The number of aromatic amines is 1. The quantitative estimate of drug-likeness (QED) is 0.424. The van der Waals surface area contributed by atoms with E-state index in [1.165, 1.54) is 13.1 Å². The number of aromatic nitrogens is 2. The first kappa shape index (κ1) is 20.0. The van der Waals surface area contributed by atoms with Gasteiger partial charge in [0, 0.05) is 18.2 Å². The molecule has 0 bridgehead atoms. The van der Waals surface area contributed by atoms with Crippen LogP contribution in [0.2, 0.25) is 0 Å². The monoisotopic (exact) mass is 360 g/mol. The Labute approximate surface area is 154 Å². The van der Waals surface area contributed by atoms with Gasteiger partial charge in [0.25, 0.3) is 5.56 Å². The Balaban J connectivity index is 0.00000242. The molecular weight excluding hydrogens is 347 g/mol. The van der Waals surface area contributed by atoms with E-state index in [2.05, 4.69) is 9.51 Å². The second-order valence-electron chi connectivity index (χ2n) is 4.65. The zero-order chi connectivity index (χ0) is 15.8. The van der Waals surface area contributed by atoms with Crippen molar-refractivity contribution < 1.29 is 28.7 Å². The maximum absolute atomic E-state index is 11.7. The number of aliphatic hydroxyl groups excluding tert-OH is 1. The van der Waals surface area contributed by atoms with E-state index in [0.717, 1.165) is 4.57 Å². The van der Waals surface area contributed by atoms with Gasteiger partial charge in [0.2, 0.25) is 0 Å². The third kappa shape index (κ3) is 4.98. The summed E-state index contributed by atoms with van der Waals surface area (Å²) in [6, 6.07) is 0. The molecule has 2 rings (SSSR count). The largest absolute Gasteiger partial charge is 2.00 e. The molecule has 0 unspecified atom stereocenters. The Bertz CT molecular complexity index is 682. The van der Waals surface area contributed by atoms with Crippen molar-refractivity contribution in [2.45, 2.75) is 31.8 Å². The van der Waals surface area contributed by atoms with Gasteiger partial charge in [0.1, 0.15) is 12.3 Å². The van der Waals surface area contributed by atoms with Crippen LogP contribution in [-0.4, -0.2) is 71.2 Å². The summed E-state index contributed by atoms with van der Waals surface area (Å²) in [5, 5.41) is 9.75. The molecule has 10 nitrogen and oxygen atoms in total. The number of rotatable bonds is 4. The molecule has 118 valence electrons. The standard InChI is InChI=1S/C10H15N2O8P.Ca/c1-5-3-12(10(15)11-9(5)14)8-2-6(13)7(20-8)4-19-21(16,17)18;/h3,6-8,13H,2,4H2,1H3,(H,11,14,15)(H2,16,17,18);/q;+2/p-2/t6-,7+,8+;/m0./s1. The molecule has 2 N–H and O–H groups in total. The first-order chi connectivity index (χ1) is 9.67. The fraction of sp³-hybridized carbons (Fsp3) is 0.600. The van der Waals surface area contributed by atoms with Gasteiger partial charge >= 0.3 is 43.4 Å². The average Bonchev–Trinajstić information content (AvgIpc) is 2.72. The third-order valence-corrected chi connectivity index (χ3v) is 3.52. The molecule has 1 aliphatic heterocycles. The van der Waals surface area contributed by atoms with Gasteiger partial charge in [0.15, 0.2) is 0 Å². The van der Waals surface area contributed by atoms with Crippen LogP contribution in [0, 0.1) is 6.92 Å². The van der Waals surface area contributed by atoms with Crippen LogP contribution in [0.25, 0.3) is 0 Å². The molecule has 1 fully saturated rings. The minimum Gasteiger partial charge on any atom is -0.790 e. The summed E-state index contributed by atoms with van der Waals surface area (Å²) in [5.74, 6) is 0. The van der Waals surface area contributed by atoms with Crippen LogP contribution in [0.15, 0.2) is 15.8 Å². The molecule has 0 spiro atoms. The summed E-state index contributed by atoms with van der Waals surface area (Å²) >= 11 is 0. The zero-order valence-corrected chi connectivity index (χ0v) is 14.7. The molecule has 12 heteroatoms. The van der Waals surface area contributed by atoms with E-state index < -0.39 is 44.1 Å². The molecule has 1 aromatic heterocycles. The van der Waals surface area contributed by atoms with Gasteiger partial charge in [-0.1, -0.05) is 0 Å². The minimum atomic E-state index is -5.17. The summed E-state index contributed by atoms with van der Waals surface area (Å²) in [6.45, 7) is 0.852. The topological polar surface area (TPSA) is 157 Å². The van der Waals surface area contributed by atoms with E-state index in [-0.39, 0.29) is 49.7 Å². The van der Waals surface area contributed by atoms with E-state index >= 15 is 0 Å². The molecule has 2 heterocycles. The van der Waals surface area contributed by atoms with E-state index in [0.29, 0.717) is 0 Å². The number of hydrogen-bond acceptors (Lipinski definition) is 8. The van der Waals surface area contributed by atoms with Gasteiger partial charge in [-0.2, -0.15) is 0 Å². The minimum absolute atomic E-state index is 0. The summed E-state index contributed by atoms with van der Waals surface area (Å²) in [6.07, 6.45) is -1.81. The van der Waals surface area contributed by atoms with Crippen LogP contribution in [0.1, 0.15) is 18.2 Å². The van der Waals surface area contributed by atoms with Crippen molar-refractivity contribution in [3.8, 4) is 0 Å². The van der Waals surface area contributed by atoms with Crippen LogP contribution in [-0.2, 0) is 13.8 Å². The Hall–Kier alpha value is -0.0303. The first-order valence-corrected chi connectivity index (χ1v) is 7.45. The molecule has 0 aromatic carbocycles. The zero-order valence-electron chi connectivity index (χ0n) is 11.6. The molecule has 0 saturated carbocycles. The van der Waals surface area contributed by atoms with Gasteiger partial charge < -0.3 is 28.7 Å². The number of ether oxygens (including phenoxy) is 1. The van der Waals surface area contributed by atoms with Gasteiger partial charge in [-0.15, -0.1) is 0 Å². The van der Waals surface area contributed by atoms with Crippen LogP contribution in [0.3, 0.4) is 0 Å². The van der Waals surface area contributed by atoms with Crippen molar-refractivity contribution in [2.75, 3.05) is 6.61 Å². The Morgan fingerprint density at radius 3 is 2.77 bits per heavy atom. The van der Waals surface area contributed by atoms with Gasteiger partial charge in [-0.3, -0.25) is 14.3 Å². The number of aryl methyl sites for hydroxylation is 1. The Morgan fingerprint density at radius 2 is 2.18 bits per heavy atom. The predicted molar refractivity (Wildman–Crippen MR) is 69.9 cm³/mol. The number of H-pyrrole nitrogens is 1. The van der Waals surface area contributed by atoms with E-state index in [4.69, 9.17) is 4.74 Å². The van der Waals surface area contributed by atoms with Crippen LogP contribution < -0.4 is 21.0 Å². The Kier molecular flexibility index (Phi) is 7.00. The molecule has 1 aliphatic rings. The summed E-state index contributed by atoms with van der Waals surface area (Å²) in [7, 11) is -5.17. The second kappa shape index (κ2) is 7.69. The van der Waals surface area contributed by atoms with E-state index in [9.17, 15) is 29.0 Å². The van der Waals surface area contributed by atoms with E-state index in [1.807, 2.05) is 0 Å². The van der Waals surface area contributed by atoms with Crippen molar-refractivity contribution in [3.05, 3.63) is 32.6 Å². The SMILES string of the molecule is Cc1cn([C@H]2C[C@H](O)[C@@H](COP(=O)([O-])[O-])O2)c(=O)[nH]c1=O.[Ca+2].